The van der Waals surface area contributed by atoms with E-state index in [1.165, 1.54) is 16.9 Å². The molecule has 0 spiro atoms. The summed E-state index contributed by atoms with van der Waals surface area (Å²) in [6.07, 6.45) is 2.14. The fourth-order valence-corrected chi connectivity index (χ4v) is 3.03. The van der Waals surface area contributed by atoms with Gasteiger partial charge in [0, 0.05) is 0 Å². The van der Waals surface area contributed by atoms with Gasteiger partial charge in [-0.15, -0.1) is 15.0 Å². The molecule has 3 rings (SSSR count). The number of phenols is 1. The number of aromatic nitrogens is 3. The highest BCUT2D eigenvalue weighted by Gasteiger charge is 2.19. The number of nitrogens with zero attached hydrogens (tertiary/aromatic N) is 3. The first-order chi connectivity index (χ1) is 11.4. The summed E-state index contributed by atoms with van der Waals surface area (Å²) >= 11 is 0. The highest BCUT2D eigenvalue weighted by atomic mass is 32.2. The fourth-order valence-electron chi connectivity index (χ4n) is 2.48. The molecule has 0 aliphatic rings. The monoisotopic (exact) mass is 347 g/mol. The van der Waals surface area contributed by atoms with Gasteiger partial charge in [-0.1, -0.05) is 25.5 Å². The van der Waals surface area contributed by atoms with Crippen LogP contribution < -0.4 is 0 Å². The minimum atomic E-state index is -4.41. The van der Waals surface area contributed by atoms with Crippen molar-refractivity contribution in [2.45, 2.75) is 31.1 Å². The molecule has 1 heterocycles. The summed E-state index contributed by atoms with van der Waals surface area (Å²) in [4.78, 5) is 0.896. The Morgan fingerprint density at radius 1 is 1.12 bits per heavy atom. The molecule has 0 radical (unpaired) electrons. The zero-order valence-corrected chi connectivity index (χ0v) is 13.9. The van der Waals surface area contributed by atoms with Crippen molar-refractivity contribution in [2.24, 2.45) is 0 Å². The lowest BCUT2D eigenvalue weighted by Gasteiger charge is -2.11. The van der Waals surface area contributed by atoms with Gasteiger partial charge in [-0.25, -0.2) is 0 Å². The number of aryl methyl sites for hydroxylation is 1. The number of rotatable bonds is 5. The van der Waals surface area contributed by atoms with E-state index in [9.17, 15) is 18.1 Å². The predicted molar refractivity (Wildman–Crippen MR) is 89.0 cm³/mol. The lowest BCUT2D eigenvalue weighted by molar-refractivity contribution is 0.457. The number of fused-ring (bicyclic) bond motifs is 1. The number of phenolic OH excluding ortho intramolecular Hbond substituents is 1. The number of aromatic hydroxyl groups is 1. The van der Waals surface area contributed by atoms with Gasteiger partial charge in [0.25, 0.3) is 10.1 Å². The van der Waals surface area contributed by atoms with Gasteiger partial charge in [0.05, 0.1) is 4.90 Å². The van der Waals surface area contributed by atoms with Crippen LogP contribution in [0.25, 0.3) is 16.7 Å². The van der Waals surface area contributed by atoms with Crippen LogP contribution in [0.1, 0.15) is 25.3 Å². The molecule has 8 heteroatoms. The minimum Gasteiger partial charge on any atom is -0.505 e. The third kappa shape index (κ3) is 3.10. The van der Waals surface area contributed by atoms with Crippen molar-refractivity contribution in [3.8, 4) is 11.4 Å². The van der Waals surface area contributed by atoms with Crippen LogP contribution in [0.5, 0.6) is 5.75 Å². The zero-order valence-electron chi connectivity index (χ0n) is 13.0. The SMILES string of the molecule is CCCCc1cc(S(=O)(=O)O)cc(-n2nc3ccccc3n2)c1O. The van der Waals surface area contributed by atoms with Crippen LogP contribution in [0, 0.1) is 0 Å². The number of benzene rings is 2. The molecule has 2 N–H and O–H groups in total. The second kappa shape index (κ2) is 6.21. The van der Waals surface area contributed by atoms with Crippen molar-refractivity contribution >= 4 is 21.2 Å². The predicted octanol–water partition coefficient (Wildman–Crippen LogP) is 2.72. The van der Waals surface area contributed by atoms with E-state index in [0.29, 0.717) is 23.0 Å². The van der Waals surface area contributed by atoms with Crippen LogP contribution in [-0.2, 0) is 16.5 Å². The molecule has 0 saturated heterocycles. The number of hydrogen-bond donors (Lipinski definition) is 2. The summed E-state index contributed by atoms with van der Waals surface area (Å²) in [7, 11) is -4.41. The second-order valence-electron chi connectivity index (χ2n) is 5.51. The van der Waals surface area contributed by atoms with Crippen molar-refractivity contribution in [3.05, 3.63) is 42.0 Å². The molecule has 2 aromatic carbocycles. The Balaban J connectivity index is 2.21. The Labute approximate surface area is 139 Å². The summed E-state index contributed by atoms with van der Waals surface area (Å²) in [6, 6.07) is 9.60. The summed E-state index contributed by atoms with van der Waals surface area (Å²) in [5.74, 6) is -0.0869. The van der Waals surface area contributed by atoms with Gasteiger partial charge in [-0.2, -0.15) is 8.42 Å². The lowest BCUT2D eigenvalue weighted by Crippen LogP contribution is -2.06. The van der Waals surface area contributed by atoms with Gasteiger partial charge in [0.1, 0.15) is 22.5 Å². The summed E-state index contributed by atoms with van der Waals surface area (Å²) in [5, 5.41) is 19.0. The molecule has 1 aromatic heterocycles. The normalized spacial score (nSPS) is 11.9. The van der Waals surface area contributed by atoms with E-state index in [4.69, 9.17) is 0 Å². The Kier molecular flexibility index (Phi) is 4.25. The molecule has 0 bridgehead atoms. The molecule has 0 atom stereocenters. The molecule has 24 heavy (non-hydrogen) atoms. The van der Waals surface area contributed by atoms with E-state index in [1.54, 1.807) is 12.1 Å². The molecule has 3 aromatic rings. The second-order valence-corrected chi connectivity index (χ2v) is 6.93. The van der Waals surface area contributed by atoms with Crippen molar-refractivity contribution in [1.29, 1.82) is 0 Å². The van der Waals surface area contributed by atoms with Crippen LogP contribution in [-0.4, -0.2) is 33.1 Å². The highest BCUT2D eigenvalue weighted by Crippen LogP contribution is 2.31. The molecule has 0 amide bonds. The lowest BCUT2D eigenvalue weighted by atomic mass is 10.1. The van der Waals surface area contributed by atoms with E-state index in [2.05, 4.69) is 10.2 Å². The van der Waals surface area contributed by atoms with Crippen molar-refractivity contribution < 1.29 is 18.1 Å². The summed E-state index contributed by atoms with van der Waals surface area (Å²) in [5.41, 5.74) is 1.78. The molecule has 0 saturated carbocycles. The number of hydrogen-bond acceptors (Lipinski definition) is 5. The maximum absolute atomic E-state index is 11.5. The van der Waals surface area contributed by atoms with Crippen molar-refractivity contribution in [2.75, 3.05) is 0 Å². The molecular formula is C16H17N3O4S. The third-order valence-corrected chi connectivity index (χ3v) is 4.57. The van der Waals surface area contributed by atoms with Crippen LogP contribution >= 0.6 is 0 Å². The van der Waals surface area contributed by atoms with E-state index < -0.39 is 10.1 Å². The van der Waals surface area contributed by atoms with Crippen LogP contribution in [0.4, 0.5) is 0 Å². The van der Waals surface area contributed by atoms with E-state index in [0.717, 1.165) is 12.8 Å². The molecule has 0 aliphatic carbocycles. The Morgan fingerprint density at radius 3 is 2.29 bits per heavy atom. The van der Waals surface area contributed by atoms with Gasteiger partial charge >= 0.3 is 0 Å². The smallest absolute Gasteiger partial charge is 0.294 e. The van der Waals surface area contributed by atoms with E-state index in [1.807, 2.05) is 19.1 Å². The quantitative estimate of drug-likeness (QED) is 0.688. The zero-order chi connectivity index (χ0) is 17.3. The molecule has 0 fully saturated rings. The maximum Gasteiger partial charge on any atom is 0.294 e. The van der Waals surface area contributed by atoms with Crippen LogP contribution in [0.2, 0.25) is 0 Å². The Hall–Kier alpha value is -2.45. The standard InChI is InChI=1S/C16H17N3O4S/c1-2-3-6-11-9-12(24(21,22)23)10-15(16(11)20)19-17-13-7-4-5-8-14(13)18-19/h4-5,7-10,20H,2-3,6H2,1H3,(H,21,22,23). The van der Waals surface area contributed by atoms with Crippen molar-refractivity contribution in [1.82, 2.24) is 15.0 Å². The Bertz CT molecular complexity index is 963. The van der Waals surface area contributed by atoms with E-state index in [-0.39, 0.29) is 16.3 Å². The molecule has 7 nitrogen and oxygen atoms in total. The number of unbranched alkanes of at least 4 members (excludes halogenated alkanes) is 1. The maximum atomic E-state index is 11.5. The molecule has 0 unspecified atom stereocenters. The first-order valence-electron chi connectivity index (χ1n) is 7.56. The van der Waals surface area contributed by atoms with Gasteiger partial charge in [-0.05, 0) is 42.7 Å². The molecule has 0 aliphatic heterocycles. The average molecular weight is 347 g/mol. The Morgan fingerprint density at radius 2 is 1.75 bits per heavy atom. The topological polar surface area (TPSA) is 105 Å². The third-order valence-electron chi connectivity index (χ3n) is 3.74. The first-order valence-corrected chi connectivity index (χ1v) is 9.00. The van der Waals surface area contributed by atoms with Gasteiger partial charge in [0.15, 0.2) is 0 Å². The molecule has 126 valence electrons. The average Bonchev–Trinajstić information content (AvgIpc) is 2.96. The highest BCUT2D eigenvalue weighted by molar-refractivity contribution is 7.85. The van der Waals surface area contributed by atoms with Gasteiger partial charge < -0.3 is 5.11 Å². The van der Waals surface area contributed by atoms with Gasteiger partial charge in [0.2, 0.25) is 0 Å². The van der Waals surface area contributed by atoms with E-state index >= 15 is 0 Å². The first kappa shape index (κ1) is 16.4. The van der Waals surface area contributed by atoms with Gasteiger partial charge in [-0.3, -0.25) is 4.55 Å². The molecular weight excluding hydrogens is 330 g/mol. The summed E-state index contributed by atoms with van der Waals surface area (Å²) < 4.78 is 32.5. The largest absolute Gasteiger partial charge is 0.505 e. The fraction of sp³-hybridized carbons (Fsp3) is 0.250. The van der Waals surface area contributed by atoms with Crippen LogP contribution in [0.15, 0.2) is 41.3 Å². The van der Waals surface area contributed by atoms with Crippen molar-refractivity contribution in [3.63, 3.8) is 0 Å². The minimum absolute atomic E-state index is 0.0869. The summed E-state index contributed by atoms with van der Waals surface area (Å²) in [6.45, 7) is 1.99. The van der Waals surface area contributed by atoms with Crippen LogP contribution in [0.3, 0.4) is 0 Å².